The Labute approximate surface area is 137 Å². The number of furan rings is 1. The number of benzene rings is 1. The number of carbonyl (C=O) groups is 1. The minimum absolute atomic E-state index is 0.136. The van der Waals surface area contributed by atoms with Crippen LogP contribution in [0.2, 0.25) is 0 Å². The van der Waals surface area contributed by atoms with Gasteiger partial charge < -0.3 is 14.6 Å². The van der Waals surface area contributed by atoms with E-state index in [4.69, 9.17) is 4.42 Å². The number of carbonyl (C=O) groups excluding carboxylic acids is 1. The molecule has 0 unspecified atom stereocenters. The molecule has 24 heavy (non-hydrogen) atoms. The van der Waals surface area contributed by atoms with Crippen molar-refractivity contribution < 1.29 is 13.6 Å². The third-order valence-corrected chi connectivity index (χ3v) is 3.93. The molecule has 3 aromatic rings. The van der Waals surface area contributed by atoms with Gasteiger partial charge in [0, 0.05) is 11.9 Å². The lowest BCUT2D eigenvalue weighted by Gasteiger charge is -2.25. The summed E-state index contributed by atoms with van der Waals surface area (Å²) in [6, 6.07) is 13.2. The molecule has 6 heteroatoms. The van der Waals surface area contributed by atoms with Gasteiger partial charge in [0.1, 0.15) is 17.7 Å². The fourth-order valence-electron chi connectivity index (χ4n) is 2.85. The average molecular weight is 323 g/mol. The molecule has 0 fully saturated rings. The quantitative estimate of drug-likeness (QED) is 0.797. The van der Waals surface area contributed by atoms with Crippen LogP contribution in [0.15, 0.2) is 65.4 Å². The summed E-state index contributed by atoms with van der Waals surface area (Å²) < 4.78 is 18.8. The predicted molar refractivity (Wildman–Crippen MR) is 85.6 cm³/mol. The van der Waals surface area contributed by atoms with Crippen LogP contribution >= 0.6 is 0 Å². The maximum atomic E-state index is 13.5. The van der Waals surface area contributed by atoms with Gasteiger partial charge in [-0.25, -0.2) is 4.39 Å². The Balaban J connectivity index is 1.70. The van der Waals surface area contributed by atoms with Crippen molar-refractivity contribution in [3.05, 3.63) is 83.8 Å². The van der Waals surface area contributed by atoms with E-state index in [-0.39, 0.29) is 11.7 Å². The normalized spacial score (nSPS) is 16.3. The van der Waals surface area contributed by atoms with Crippen molar-refractivity contribution in [2.75, 3.05) is 5.32 Å². The van der Waals surface area contributed by atoms with Crippen molar-refractivity contribution in [1.82, 2.24) is 9.88 Å². The van der Waals surface area contributed by atoms with E-state index in [9.17, 15) is 9.18 Å². The Kier molecular flexibility index (Phi) is 3.49. The predicted octanol–water partition coefficient (Wildman–Crippen LogP) is 3.58. The topological polar surface area (TPSA) is 58.4 Å². The largest absolute Gasteiger partial charge is 0.467 e. The van der Waals surface area contributed by atoms with Gasteiger partial charge in [-0.3, -0.25) is 9.78 Å². The molecule has 1 N–H and O–H groups in total. The second kappa shape index (κ2) is 5.81. The van der Waals surface area contributed by atoms with Gasteiger partial charge in [0.2, 0.25) is 0 Å². The van der Waals surface area contributed by atoms with Gasteiger partial charge in [0.25, 0.3) is 5.91 Å². The number of anilines is 1. The van der Waals surface area contributed by atoms with E-state index < -0.39 is 6.17 Å². The van der Waals surface area contributed by atoms with Crippen molar-refractivity contribution in [2.24, 2.45) is 0 Å². The maximum absolute atomic E-state index is 13.5. The first-order valence-electron chi connectivity index (χ1n) is 7.53. The molecule has 120 valence electrons. The smallest absolute Gasteiger partial charge is 0.258 e. The molecule has 0 saturated heterocycles. The Hall–Kier alpha value is -3.15. The zero-order valence-electron chi connectivity index (χ0n) is 12.6. The summed E-state index contributed by atoms with van der Waals surface area (Å²) in [6.45, 7) is 0.301. The van der Waals surface area contributed by atoms with Gasteiger partial charge >= 0.3 is 0 Å². The number of rotatable bonds is 4. The van der Waals surface area contributed by atoms with Crippen LogP contribution < -0.4 is 5.32 Å². The fourth-order valence-corrected chi connectivity index (χ4v) is 2.85. The Morgan fingerprint density at radius 3 is 2.92 bits per heavy atom. The van der Waals surface area contributed by atoms with Crippen molar-refractivity contribution >= 4 is 11.6 Å². The Morgan fingerprint density at radius 1 is 1.21 bits per heavy atom. The van der Waals surface area contributed by atoms with Crippen molar-refractivity contribution in [2.45, 2.75) is 12.7 Å². The molecule has 4 rings (SSSR count). The maximum Gasteiger partial charge on any atom is 0.258 e. The standard InChI is InChI=1S/C18H14FN3O2/c19-12-4-1-5-13(10-12)21-17-16-15(7-2-8-20-16)18(23)22(17)11-14-6-3-9-24-14/h1-10,17,21H,11H2/t17-/m0/s1. The lowest BCUT2D eigenvalue weighted by Crippen LogP contribution is -2.32. The van der Waals surface area contributed by atoms with E-state index in [0.29, 0.717) is 29.2 Å². The molecule has 1 aliphatic heterocycles. The molecule has 1 aromatic carbocycles. The first kappa shape index (κ1) is 14.4. The molecule has 1 amide bonds. The van der Waals surface area contributed by atoms with Crippen LogP contribution in [0.1, 0.15) is 28.0 Å². The van der Waals surface area contributed by atoms with Gasteiger partial charge in [0.05, 0.1) is 24.1 Å². The second-order valence-corrected chi connectivity index (χ2v) is 5.51. The molecular formula is C18H14FN3O2. The summed E-state index contributed by atoms with van der Waals surface area (Å²) in [5, 5.41) is 3.19. The third-order valence-electron chi connectivity index (χ3n) is 3.93. The van der Waals surface area contributed by atoms with Crippen LogP contribution in [0, 0.1) is 5.82 Å². The molecule has 5 nitrogen and oxygen atoms in total. The number of halogens is 1. The molecule has 1 aliphatic rings. The van der Waals surface area contributed by atoms with Crippen LogP contribution in [0.25, 0.3) is 0 Å². The minimum atomic E-state index is -0.486. The summed E-state index contributed by atoms with van der Waals surface area (Å²) >= 11 is 0. The molecule has 1 atom stereocenters. The van der Waals surface area contributed by atoms with E-state index in [0.717, 1.165) is 0 Å². The van der Waals surface area contributed by atoms with Gasteiger partial charge in [-0.15, -0.1) is 0 Å². The van der Waals surface area contributed by atoms with Gasteiger partial charge in [0.15, 0.2) is 0 Å². The molecule has 0 radical (unpaired) electrons. The third kappa shape index (κ3) is 2.52. The molecular weight excluding hydrogens is 309 g/mol. The van der Waals surface area contributed by atoms with Crippen LogP contribution in [0.5, 0.6) is 0 Å². The van der Waals surface area contributed by atoms with Gasteiger partial charge in [-0.05, 0) is 42.5 Å². The highest BCUT2D eigenvalue weighted by Crippen LogP contribution is 2.34. The number of nitrogens with one attached hydrogen (secondary N) is 1. The Bertz CT molecular complexity index is 879. The number of nitrogens with zero attached hydrogens (tertiary/aromatic N) is 2. The van der Waals surface area contributed by atoms with E-state index in [2.05, 4.69) is 10.3 Å². The molecule has 3 heterocycles. The van der Waals surface area contributed by atoms with Crippen LogP contribution in [-0.4, -0.2) is 15.8 Å². The monoisotopic (exact) mass is 323 g/mol. The number of hydrogen-bond acceptors (Lipinski definition) is 4. The van der Waals surface area contributed by atoms with Crippen molar-refractivity contribution in [3.8, 4) is 0 Å². The first-order chi connectivity index (χ1) is 11.7. The van der Waals surface area contributed by atoms with Crippen molar-refractivity contribution in [3.63, 3.8) is 0 Å². The average Bonchev–Trinajstić information content (AvgIpc) is 3.18. The summed E-state index contributed by atoms with van der Waals surface area (Å²) in [7, 11) is 0. The summed E-state index contributed by atoms with van der Waals surface area (Å²) in [4.78, 5) is 18.7. The number of amides is 1. The summed E-state index contributed by atoms with van der Waals surface area (Å²) in [5.41, 5.74) is 1.74. The highest BCUT2D eigenvalue weighted by atomic mass is 19.1. The van der Waals surface area contributed by atoms with Gasteiger partial charge in [-0.2, -0.15) is 0 Å². The van der Waals surface area contributed by atoms with E-state index in [1.54, 1.807) is 47.7 Å². The number of hydrogen-bond donors (Lipinski definition) is 1. The number of aromatic nitrogens is 1. The molecule has 0 saturated carbocycles. The van der Waals surface area contributed by atoms with E-state index in [1.165, 1.54) is 12.1 Å². The summed E-state index contributed by atoms with van der Waals surface area (Å²) in [6.07, 6.45) is 2.72. The van der Waals surface area contributed by atoms with Gasteiger partial charge in [-0.1, -0.05) is 6.07 Å². The Morgan fingerprint density at radius 2 is 2.12 bits per heavy atom. The lowest BCUT2D eigenvalue weighted by atomic mass is 10.2. The highest BCUT2D eigenvalue weighted by Gasteiger charge is 2.38. The summed E-state index contributed by atoms with van der Waals surface area (Å²) in [5.74, 6) is 0.189. The zero-order chi connectivity index (χ0) is 16.5. The van der Waals surface area contributed by atoms with E-state index in [1.807, 2.05) is 6.07 Å². The molecule has 0 bridgehead atoms. The first-order valence-corrected chi connectivity index (χ1v) is 7.53. The fraction of sp³-hybridized carbons (Fsp3) is 0.111. The molecule has 0 aliphatic carbocycles. The lowest BCUT2D eigenvalue weighted by molar-refractivity contribution is 0.0714. The minimum Gasteiger partial charge on any atom is -0.467 e. The molecule has 0 spiro atoms. The SMILES string of the molecule is O=C1c2cccnc2[C@@H](Nc2cccc(F)c2)N1Cc1ccco1. The number of fused-ring (bicyclic) bond motifs is 1. The number of pyridine rings is 1. The van der Waals surface area contributed by atoms with Crippen LogP contribution in [0.4, 0.5) is 10.1 Å². The van der Waals surface area contributed by atoms with Crippen molar-refractivity contribution in [1.29, 1.82) is 0 Å². The van der Waals surface area contributed by atoms with Crippen LogP contribution in [0.3, 0.4) is 0 Å². The van der Waals surface area contributed by atoms with E-state index >= 15 is 0 Å². The molecule has 2 aromatic heterocycles. The second-order valence-electron chi connectivity index (χ2n) is 5.51. The van der Waals surface area contributed by atoms with Crippen LogP contribution in [-0.2, 0) is 6.54 Å². The highest BCUT2D eigenvalue weighted by molar-refractivity contribution is 5.98. The zero-order valence-corrected chi connectivity index (χ0v) is 12.6.